The number of phenolic OH excluding ortho intramolecular Hbond substituents is 1. The smallest absolute Gasteiger partial charge is 0.407 e. The summed E-state index contributed by atoms with van der Waals surface area (Å²) in [7, 11) is -2.47. The molecule has 3 N–H and O–H groups in total. The molecule has 43 heavy (non-hydrogen) atoms. The van der Waals surface area contributed by atoms with E-state index in [4.69, 9.17) is 14.2 Å². The van der Waals surface area contributed by atoms with Gasteiger partial charge in [-0.05, 0) is 65.4 Å². The highest BCUT2D eigenvalue weighted by atomic mass is 32.2. The average Bonchev–Trinajstić information content (AvgIpc) is 3.49. The van der Waals surface area contributed by atoms with Crippen molar-refractivity contribution in [3.8, 4) is 22.6 Å². The highest BCUT2D eigenvalue weighted by Gasteiger charge is 2.32. The lowest BCUT2D eigenvalue weighted by Gasteiger charge is -2.30. The summed E-state index contributed by atoms with van der Waals surface area (Å²) in [5, 5.41) is 24.1. The van der Waals surface area contributed by atoms with E-state index < -0.39 is 28.3 Å². The zero-order valence-electron chi connectivity index (χ0n) is 24.7. The summed E-state index contributed by atoms with van der Waals surface area (Å²) in [6.07, 6.45) is -1.54. The molecule has 1 amide bonds. The monoisotopic (exact) mass is 612 g/mol. The number of nitrogens with one attached hydrogen (secondary N) is 1. The maximum Gasteiger partial charge on any atom is 0.407 e. The van der Waals surface area contributed by atoms with Crippen LogP contribution in [0.15, 0.2) is 77.7 Å². The Labute approximate surface area is 253 Å². The number of ether oxygens (including phenoxy) is 3. The molecule has 0 bridgehead atoms. The average molecular weight is 613 g/mol. The van der Waals surface area contributed by atoms with Crippen LogP contribution < -0.4 is 10.1 Å². The van der Waals surface area contributed by atoms with Crippen molar-refractivity contribution < 1.29 is 37.6 Å². The van der Waals surface area contributed by atoms with E-state index in [1.807, 2.05) is 44.2 Å². The summed E-state index contributed by atoms with van der Waals surface area (Å²) in [6, 6.07) is 19.7. The van der Waals surface area contributed by atoms with E-state index in [0.717, 1.165) is 16.7 Å². The zero-order valence-corrected chi connectivity index (χ0v) is 25.5. The van der Waals surface area contributed by atoms with Gasteiger partial charge in [0.25, 0.3) is 0 Å². The summed E-state index contributed by atoms with van der Waals surface area (Å²) < 4.78 is 44.5. The van der Waals surface area contributed by atoms with Crippen LogP contribution in [-0.4, -0.2) is 80.7 Å². The highest BCUT2D eigenvalue weighted by molar-refractivity contribution is 7.89. The Morgan fingerprint density at radius 3 is 2.37 bits per heavy atom. The lowest BCUT2D eigenvalue weighted by atomic mass is 9.98. The number of aromatic hydroxyl groups is 1. The second-order valence-electron chi connectivity index (χ2n) is 11.1. The van der Waals surface area contributed by atoms with Crippen molar-refractivity contribution in [1.29, 1.82) is 0 Å². The minimum atomic E-state index is -3.97. The second kappa shape index (κ2) is 14.7. The number of methoxy groups -OCH3 is 1. The van der Waals surface area contributed by atoms with Gasteiger partial charge in [-0.25, -0.2) is 13.2 Å². The molecule has 0 aromatic heterocycles. The summed E-state index contributed by atoms with van der Waals surface area (Å²) in [5.74, 6) is 0.666. The largest absolute Gasteiger partial charge is 0.508 e. The van der Waals surface area contributed by atoms with Gasteiger partial charge in [0.15, 0.2) is 0 Å². The van der Waals surface area contributed by atoms with Crippen LogP contribution >= 0.6 is 0 Å². The molecule has 10 nitrogen and oxygen atoms in total. The van der Waals surface area contributed by atoms with Crippen LogP contribution in [0.4, 0.5) is 4.79 Å². The van der Waals surface area contributed by atoms with Crippen LogP contribution in [-0.2, 0) is 25.9 Å². The number of carbonyl (C=O) groups is 1. The van der Waals surface area contributed by atoms with Crippen LogP contribution in [0.1, 0.15) is 25.8 Å². The number of carbonyl (C=O) groups excluding carboxylic acids is 1. The third-order valence-corrected chi connectivity index (χ3v) is 9.02. The van der Waals surface area contributed by atoms with Gasteiger partial charge in [0.2, 0.25) is 10.0 Å². The van der Waals surface area contributed by atoms with Gasteiger partial charge < -0.3 is 29.7 Å². The van der Waals surface area contributed by atoms with Crippen LogP contribution in [0.25, 0.3) is 11.1 Å². The summed E-state index contributed by atoms with van der Waals surface area (Å²) in [6.45, 7) is 4.52. The quantitative estimate of drug-likeness (QED) is 0.262. The number of hydrogen-bond donors (Lipinski definition) is 3. The number of sulfonamides is 1. The number of nitrogens with zero attached hydrogens (tertiary/aromatic N) is 1. The number of benzene rings is 3. The van der Waals surface area contributed by atoms with E-state index in [-0.39, 0.29) is 42.2 Å². The Bertz CT molecular complexity index is 1440. The molecule has 232 valence electrons. The first-order chi connectivity index (χ1) is 20.5. The Balaban J connectivity index is 1.56. The molecule has 3 aromatic rings. The first-order valence-corrected chi connectivity index (χ1v) is 15.7. The van der Waals surface area contributed by atoms with E-state index in [1.165, 1.54) is 23.5 Å². The Morgan fingerprint density at radius 1 is 1.05 bits per heavy atom. The van der Waals surface area contributed by atoms with Gasteiger partial charge in [-0.15, -0.1) is 0 Å². The van der Waals surface area contributed by atoms with Crippen LogP contribution in [0.5, 0.6) is 11.5 Å². The fraction of sp³-hybridized carbons (Fsp3) is 0.406. The van der Waals surface area contributed by atoms with Crippen LogP contribution in [0.3, 0.4) is 0 Å². The van der Waals surface area contributed by atoms with Crippen molar-refractivity contribution >= 4 is 16.1 Å². The molecule has 1 aliphatic rings. The molecule has 0 unspecified atom stereocenters. The van der Waals surface area contributed by atoms with Gasteiger partial charge in [0.1, 0.15) is 17.6 Å². The number of amides is 1. The summed E-state index contributed by atoms with van der Waals surface area (Å²) >= 11 is 0. The molecule has 1 aliphatic heterocycles. The van der Waals surface area contributed by atoms with Gasteiger partial charge in [0, 0.05) is 19.5 Å². The Kier molecular flexibility index (Phi) is 11.0. The van der Waals surface area contributed by atoms with Gasteiger partial charge >= 0.3 is 6.09 Å². The molecular weight excluding hydrogens is 572 g/mol. The van der Waals surface area contributed by atoms with Crippen molar-refractivity contribution in [3.63, 3.8) is 0 Å². The first kappa shape index (κ1) is 32.3. The molecule has 0 aliphatic carbocycles. The molecule has 3 aromatic carbocycles. The van der Waals surface area contributed by atoms with E-state index in [9.17, 15) is 23.4 Å². The maximum absolute atomic E-state index is 13.7. The standard InChI is InChI=1S/C32H40N2O8S/c1-22(2)19-34(43(38,39)29-13-11-27(40-3)12-14-29)20-31(36)30(33-32(37)42-28-15-16-41-21-28)17-23-7-9-24(10-8-23)25-5-4-6-26(35)18-25/h4-14,18,22,28,30-31,35-36H,15-17,19-21H2,1-3H3,(H,33,37)/t28-,30-,31+/m0/s1. The fourth-order valence-corrected chi connectivity index (χ4v) is 6.53. The van der Waals surface area contributed by atoms with E-state index in [1.54, 1.807) is 30.3 Å². The number of alkyl carbamates (subject to hydrolysis) is 1. The Morgan fingerprint density at radius 2 is 1.77 bits per heavy atom. The molecule has 11 heteroatoms. The fourth-order valence-electron chi connectivity index (χ4n) is 4.91. The second-order valence-corrected chi connectivity index (χ2v) is 13.0. The van der Waals surface area contributed by atoms with Crippen molar-refractivity contribution in [2.75, 3.05) is 33.4 Å². The lowest BCUT2D eigenvalue weighted by molar-refractivity contribution is 0.0644. The molecule has 1 heterocycles. The van der Waals surface area contributed by atoms with Crippen molar-refractivity contribution in [2.24, 2.45) is 5.92 Å². The number of hydrogen-bond acceptors (Lipinski definition) is 8. The predicted molar refractivity (Wildman–Crippen MR) is 162 cm³/mol. The molecule has 0 spiro atoms. The van der Waals surface area contributed by atoms with Crippen molar-refractivity contribution in [2.45, 2.75) is 49.8 Å². The SMILES string of the molecule is COc1ccc(S(=O)(=O)N(CC(C)C)C[C@@H](O)[C@H](Cc2ccc(-c3cccc(O)c3)cc2)NC(=O)O[C@H]2CCOC2)cc1. The number of rotatable bonds is 13. The third kappa shape index (κ3) is 8.93. The van der Waals surface area contributed by atoms with E-state index in [0.29, 0.717) is 25.4 Å². The first-order valence-electron chi connectivity index (χ1n) is 14.3. The highest BCUT2D eigenvalue weighted by Crippen LogP contribution is 2.25. The molecule has 0 saturated carbocycles. The Hall–Kier alpha value is -3.64. The molecular formula is C32H40N2O8S. The van der Waals surface area contributed by atoms with Gasteiger partial charge in [-0.1, -0.05) is 50.2 Å². The van der Waals surface area contributed by atoms with Gasteiger partial charge in [-0.3, -0.25) is 0 Å². The molecule has 3 atom stereocenters. The van der Waals surface area contributed by atoms with Gasteiger partial charge in [0.05, 0.1) is 37.4 Å². The summed E-state index contributed by atoms with van der Waals surface area (Å²) in [5.41, 5.74) is 2.54. The van der Waals surface area contributed by atoms with E-state index in [2.05, 4.69) is 5.32 Å². The topological polar surface area (TPSA) is 135 Å². The van der Waals surface area contributed by atoms with E-state index >= 15 is 0 Å². The zero-order chi connectivity index (χ0) is 31.0. The molecule has 1 fully saturated rings. The molecule has 4 rings (SSSR count). The normalized spacial score (nSPS) is 16.7. The number of aliphatic hydroxyl groups is 1. The molecule has 0 radical (unpaired) electrons. The third-order valence-electron chi connectivity index (χ3n) is 7.18. The number of aliphatic hydroxyl groups excluding tert-OH is 1. The maximum atomic E-state index is 13.7. The minimum absolute atomic E-state index is 0.0241. The van der Waals surface area contributed by atoms with Crippen molar-refractivity contribution in [3.05, 3.63) is 78.4 Å². The van der Waals surface area contributed by atoms with Crippen LogP contribution in [0.2, 0.25) is 0 Å². The number of phenols is 1. The summed E-state index contributed by atoms with van der Waals surface area (Å²) in [4.78, 5) is 12.9. The minimum Gasteiger partial charge on any atom is -0.508 e. The van der Waals surface area contributed by atoms with Crippen LogP contribution in [0, 0.1) is 5.92 Å². The molecule has 1 saturated heterocycles. The predicted octanol–water partition coefficient (Wildman–Crippen LogP) is 4.20. The van der Waals surface area contributed by atoms with Gasteiger partial charge in [-0.2, -0.15) is 4.31 Å². The lowest BCUT2D eigenvalue weighted by Crippen LogP contribution is -2.51. The van der Waals surface area contributed by atoms with Crippen molar-refractivity contribution in [1.82, 2.24) is 9.62 Å².